The Kier molecular flexibility index (Phi) is 7.13. The fraction of sp³-hybridized carbons (Fsp3) is 0.481. The van der Waals surface area contributed by atoms with Gasteiger partial charge >= 0.3 is 0 Å². The maximum absolute atomic E-state index is 13.0. The summed E-state index contributed by atoms with van der Waals surface area (Å²) in [6.07, 6.45) is 5.59. The van der Waals surface area contributed by atoms with E-state index in [-0.39, 0.29) is 17.7 Å². The minimum Gasteiger partial charge on any atom is -0.368 e. The van der Waals surface area contributed by atoms with Crippen LogP contribution in [0.15, 0.2) is 42.5 Å². The zero-order chi connectivity index (χ0) is 22.5. The number of nitrogens with one attached hydrogen (secondary N) is 1. The van der Waals surface area contributed by atoms with Crippen LogP contribution in [0.3, 0.4) is 0 Å². The summed E-state index contributed by atoms with van der Waals surface area (Å²) in [5.41, 5.74) is 5.64. The third kappa shape index (κ3) is 5.14. The molecule has 0 aromatic heterocycles. The van der Waals surface area contributed by atoms with Gasteiger partial charge in [-0.1, -0.05) is 43.5 Å². The number of aryl methyl sites for hydroxylation is 1. The average molecular weight is 434 g/mol. The molecule has 1 saturated heterocycles. The zero-order valence-corrected chi connectivity index (χ0v) is 19.4. The number of carbonyl (C=O) groups excluding carboxylic acids is 2. The van der Waals surface area contributed by atoms with Gasteiger partial charge in [0.05, 0.1) is 0 Å². The molecule has 2 aromatic carbocycles. The van der Waals surface area contributed by atoms with Crippen LogP contribution in [0, 0.1) is 19.8 Å². The number of amides is 2. The van der Waals surface area contributed by atoms with Crippen LogP contribution in [-0.2, 0) is 11.3 Å². The minimum absolute atomic E-state index is 0.0865. The van der Waals surface area contributed by atoms with Crippen LogP contribution < -0.4 is 10.2 Å². The van der Waals surface area contributed by atoms with Crippen LogP contribution in [-0.4, -0.2) is 42.9 Å². The summed E-state index contributed by atoms with van der Waals surface area (Å²) < 4.78 is 0. The van der Waals surface area contributed by atoms with Gasteiger partial charge in [0.25, 0.3) is 5.91 Å². The van der Waals surface area contributed by atoms with E-state index in [0.717, 1.165) is 57.4 Å². The highest BCUT2D eigenvalue weighted by Crippen LogP contribution is 2.25. The van der Waals surface area contributed by atoms with Crippen LogP contribution in [0.4, 0.5) is 5.69 Å². The molecule has 170 valence electrons. The van der Waals surface area contributed by atoms with E-state index in [0.29, 0.717) is 12.1 Å². The van der Waals surface area contributed by atoms with E-state index in [4.69, 9.17) is 0 Å². The average Bonchev–Trinajstić information content (AvgIpc) is 2.85. The third-order valence-electron chi connectivity index (χ3n) is 7.13. The molecular formula is C27H35N3O2. The van der Waals surface area contributed by atoms with Crippen molar-refractivity contribution in [3.05, 3.63) is 64.7 Å². The van der Waals surface area contributed by atoms with Gasteiger partial charge in [0.2, 0.25) is 5.91 Å². The number of hydrogen-bond acceptors (Lipinski definition) is 3. The van der Waals surface area contributed by atoms with E-state index in [1.54, 1.807) is 0 Å². The Labute approximate surface area is 191 Å². The van der Waals surface area contributed by atoms with Gasteiger partial charge in [-0.15, -0.1) is 0 Å². The van der Waals surface area contributed by atoms with Gasteiger partial charge in [0.15, 0.2) is 0 Å². The summed E-state index contributed by atoms with van der Waals surface area (Å²) in [6, 6.07) is 14.1. The first-order valence-corrected chi connectivity index (χ1v) is 12.0. The summed E-state index contributed by atoms with van der Waals surface area (Å²) in [4.78, 5) is 29.7. The van der Waals surface area contributed by atoms with Crippen LogP contribution in [0.2, 0.25) is 0 Å². The first-order valence-electron chi connectivity index (χ1n) is 12.0. The molecule has 0 unspecified atom stereocenters. The molecule has 0 bridgehead atoms. The number of hydrogen-bond donors (Lipinski definition) is 1. The number of nitrogens with zero attached hydrogens (tertiary/aromatic N) is 2. The van der Waals surface area contributed by atoms with Crippen LogP contribution >= 0.6 is 0 Å². The Balaban J connectivity index is 1.28. The zero-order valence-electron chi connectivity index (χ0n) is 19.4. The minimum atomic E-state index is 0.0865. The standard InChI is InChI=1S/C27H35N3O2/c1-20-7-6-10-25(21(20)2)29-15-17-30(18-16-29)27(32)24-13-11-22(12-14-24)19-28-26(31)23-8-4-3-5-9-23/h6-7,10-14,23H,3-5,8-9,15-19H2,1-2H3,(H,28,31). The molecule has 2 amide bonds. The van der Waals surface area contributed by atoms with Crippen molar-refractivity contribution >= 4 is 17.5 Å². The van der Waals surface area contributed by atoms with E-state index in [1.165, 1.54) is 23.2 Å². The predicted octanol–water partition coefficient (Wildman–Crippen LogP) is 4.46. The molecule has 0 radical (unpaired) electrons. The Morgan fingerprint density at radius 3 is 2.28 bits per heavy atom. The van der Waals surface area contributed by atoms with E-state index in [1.807, 2.05) is 29.2 Å². The lowest BCUT2D eigenvalue weighted by atomic mass is 9.88. The number of anilines is 1. The lowest BCUT2D eigenvalue weighted by Gasteiger charge is -2.37. The Morgan fingerprint density at radius 2 is 1.59 bits per heavy atom. The fourth-order valence-electron chi connectivity index (χ4n) is 4.87. The van der Waals surface area contributed by atoms with E-state index < -0.39 is 0 Å². The van der Waals surface area contributed by atoms with Gasteiger partial charge < -0.3 is 15.1 Å². The van der Waals surface area contributed by atoms with Crippen molar-refractivity contribution in [2.75, 3.05) is 31.1 Å². The molecular weight excluding hydrogens is 398 g/mol. The topological polar surface area (TPSA) is 52.6 Å². The molecule has 2 fully saturated rings. The molecule has 1 saturated carbocycles. The largest absolute Gasteiger partial charge is 0.368 e. The Bertz CT molecular complexity index is 940. The molecule has 0 atom stereocenters. The molecule has 1 aliphatic heterocycles. The molecule has 5 heteroatoms. The van der Waals surface area contributed by atoms with Crippen molar-refractivity contribution < 1.29 is 9.59 Å². The summed E-state index contributed by atoms with van der Waals surface area (Å²) >= 11 is 0. The second-order valence-corrected chi connectivity index (χ2v) is 9.25. The van der Waals surface area contributed by atoms with Crippen molar-refractivity contribution in [2.24, 2.45) is 5.92 Å². The maximum Gasteiger partial charge on any atom is 0.253 e. The summed E-state index contributed by atoms with van der Waals surface area (Å²) in [5, 5.41) is 3.07. The third-order valence-corrected chi connectivity index (χ3v) is 7.13. The second kappa shape index (κ2) is 10.2. The lowest BCUT2D eigenvalue weighted by Crippen LogP contribution is -2.49. The number of carbonyl (C=O) groups is 2. The molecule has 1 heterocycles. The van der Waals surface area contributed by atoms with E-state index in [9.17, 15) is 9.59 Å². The van der Waals surface area contributed by atoms with E-state index >= 15 is 0 Å². The van der Waals surface area contributed by atoms with Crippen LogP contribution in [0.25, 0.3) is 0 Å². The van der Waals surface area contributed by atoms with Crippen molar-refractivity contribution in [1.82, 2.24) is 10.2 Å². The molecule has 2 aliphatic rings. The SMILES string of the molecule is Cc1cccc(N2CCN(C(=O)c3ccc(CNC(=O)C4CCCCC4)cc3)CC2)c1C. The quantitative estimate of drug-likeness (QED) is 0.757. The fourth-order valence-corrected chi connectivity index (χ4v) is 4.87. The van der Waals surface area contributed by atoms with Crippen molar-refractivity contribution in [1.29, 1.82) is 0 Å². The lowest BCUT2D eigenvalue weighted by molar-refractivity contribution is -0.126. The highest BCUT2D eigenvalue weighted by atomic mass is 16.2. The van der Waals surface area contributed by atoms with Gasteiger partial charge in [0, 0.05) is 49.9 Å². The molecule has 4 rings (SSSR count). The Morgan fingerprint density at radius 1 is 0.906 bits per heavy atom. The molecule has 32 heavy (non-hydrogen) atoms. The predicted molar refractivity (Wildman–Crippen MR) is 129 cm³/mol. The normalized spacial score (nSPS) is 17.3. The summed E-state index contributed by atoms with van der Waals surface area (Å²) in [7, 11) is 0. The summed E-state index contributed by atoms with van der Waals surface area (Å²) in [6.45, 7) is 7.99. The molecule has 1 N–H and O–H groups in total. The van der Waals surface area contributed by atoms with Gasteiger partial charge in [-0.3, -0.25) is 9.59 Å². The van der Waals surface area contributed by atoms with Gasteiger partial charge in [-0.05, 0) is 61.6 Å². The first kappa shape index (κ1) is 22.4. The summed E-state index contributed by atoms with van der Waals surface area (Å²) in [5.74, 6) is 0.432. The smallest absolute Gasteiger partial charge is 0.253 e. The van der Waals surface area contributed by atoms with Gasteiger partial charge in [-0.25, -0.2) is 0 Å². The Hall–Kier alpha value is -2.82. The molecule has 0 spiro atoms. The van der Waals surface area contributed by atoms with E-state index in [2.05, 4.69) is 42.3 Å². The van der Waals surface area contributed by atoms with Crippen LogP contribution in [0.1, 0.15) is 59.2 Å². The number of piperazine rings is 1. The van der Waals surface area contributed by atoms with Gasteiger partial charge in [0.1, 0.15) is 0 Å². The highest BCUT2D eigenvalue weighted by molar-refractivity contribution is 5.94. The highest BCUT2D eigenvalue weighted by Gasteiger charge is 2.24. The number of rotatable bonds is 5. The second-order valence-electron chi connectivity index (χ2n) is 9.25. The van der Waals surface area contributed by atoms with Crippen molar-refractivity contribution in [2.45, 2.75) is 52.5 Å². The molecule has 1 aliphatic carbocycles. The molecule has 2 aromatic rings. The van der Waals surface area contributed by atoms with Crippen molar-refractivity contribution in [3.63, 3.8) is 0 Å². The van der Waals surface area contributed by atoms with Gasteiger partial charge in [-0.2, -0.15) is 0 Å². The monoisotopic (exact) mass is 433 g/mol. The molecule has 5 nitrogen and oxygen atoms in total. The maximum atomic E-state index is 13.0. The number of benzene rings is 2. The van der Waals surface area contributed by atoms with Crippen molar-refractivity contribution in [3.8, 4) is 0 Å². The van der Waals surface area contributed by atoms with Crippen LogP contribution in [0.5, 0.6) is 0 Å². The first-order chi connectivity index (χ1) is 15.5.